The third kappa shape index (κ3) is 2.22. The van der Waals surface area contributed by atoms with Crippen LogP contribution in [0.3, 0.4) is 0 Å². The van der Waals surface area contributed by atoms with Crippen LogP contribution in [-0.2, 0) is 0 Å². The number of aliphatic hydroxyl groups is 1. The predicted molar refractivity (Wildman–Crippen MR) is 72.8 cm³/mol. The van der Waals surface area contributed by atoms with Gasteiger partial charge in [-0.2, -0.15) is 0 Å². The molecule has 0 radical (unpaired) electrons. The number of aliphatic hydroxyl groups excluding tert-OH is 1. The van der Waals surface area contributed by atoms with Crippen LogP contribution in [-0.4, -0.2) is 5.11 Å². The summed E-state index contributed by atoms with van der Waals surface area (Å²) in [7, 11) is 0. The molecule has 90 valence electrons. The van der Waals surface area contributed by atoms with Crippen molar-refractivity contribution >= 4 is 27.3 Å². The van der Waals surface area contributed by atoms with Crippen LogP contribution >= 0.6 is 27.3 Å². The largest absolute Gasteiger partial charge is 0.387 e. The molecule has 3 heteroatoms. The van der Waals surface area contributed by atoms with Gasteiger partial charge in [0, 0.05) is 14.2 Å². The van der Waals surface area contributed by atoms with Gasteiger partial charge in [-0.25, -0.2) is 0 Å². The van der Waals surface area contributed by atoms with E-state index in [0.29, 0.717) is 5.92 Å². The number of aryl methyl sites for hydroxylation is 1. The molecule has 2 unspecified atom stereocenters. The Morgan fingerprint density at radius 2 is 2.25 bits per heavy atom. The molecule has 0 spiro atoms. The lowest BCUT2D eigenvalue weighted by molar-refractivity contribution is 0.0558. The monoisotopic (exact) mass is 302 g/mol. The highest BCUT2D eigenvalue weighted by Crippen LogP contribution is 2.50. The van der Waals surface area contributed by atoms with E-state index in [2.05, 4.69) is 42.8 Å². The van der Waals surface area contributed by atoms with E-state index in [9.17, 15) is 5.11 Å². The van der Waals surface area contributed by atoms with Gasteiger partial charge in [0.05, 0.1) is 6.10 Å². The lowest BCUT2D eigenvalue weighted by atomic mass is 9.78. The van der Waals surface area contributed by atoms with Crippen molar-refractivity contribution in [1.82, 2.24) is 0 Å². The quantitative estimate of drug-likeness (QED) is 0.841. The molecule has 0 amide bonds. The Hall–Kier alpha value is 0.140. The summed E-state index contributed by atoms with van der Waals surface area (Å²) in [6, 6.07) is 2.08. The van der Waals surface area contributed by atoms with Gasteiger partial charge in [-0.15, -0.1) is 11.3 Å². The average molecular weight is 303 g/mol. The maximum Gasteiger partial charge on any atom is 0.0915 e. The van der Waals surface area contributed by atoms with E-state index in [-0.39, 0.29) is 11.5 Å². The fourth-order valence-corrected chi connectivity index (χ4v) is 4.38. The Balaban J connectivity index is 2.22. The molecule has 1 aromatic heterocycles. The summed E-state index contributed by atoms with van der Waals surface area (Å²) in [5, 5.41) is 10.5. The van der Waals surface area contributed by atoms with Gasteiger partial charge in [0.15, 0.2) is 0 Å². The minimum absolute atomic E-state index is 0.282. The summed E-state index contributed by atoms with van der Waals surface area (Å²) < 4.78 is 1.13. The standard InChI is InChI=1S/C13H19BrOS/c1-8-10(14)7-11(16-8)12(15)9-5-4-6-13(9,2)3/h7,9,12,15H,4-6H2,1-3H3. The predicted octanol–water partition coefficient (Wildman–Crippen LogP) is 4.68. The van der Waals surface area contributed by atoms with Crippen LogP contribution in [0.2, 0.25) is 0 Å². The summed E-state index contributed by atoms with van der Waals surface area (Å²) in [5.74, 6) is 0.414. The molecule has 1 saturated carbocycles. The first-order valence-corrected chi connectivity index (χ1v) is 7.46. The molecule has 0 bridgehead atoms. The van der Waals surface area contributed by atoms with Gasteiger partial charge in [-0.1, -0.05) is 20.3 Å². The lowest BCUT2D eigenvalue weighted by Gasteiger charge is -2.30. The van der Waals surface area contributed by atoms with Crippen molar-refractivity contribution in [3.63, 3.8) is 0 Å². The van der Waals surface area contributed by atoms with E-state index in [1.807, 2.05) is 0 Å². The first kappa shape index (κ1) is 12.6. The summed E-state index contributed by atoms with van der Waals surface area (Å²) >= 11 is 5.23. The summed E-state index contributed by atoms with van der Waals surface area (Å²) in [4.78, 5) is 2.37. The van der Waals surface area contributed by atoms with Gasteiger partial charge in [-0.3, -0.25) is 0 Å². The van der Waals surface area contributed by atoms with Gasteiger partial charge in [0.1, 0.15) is 0 Å². The molecular weight excluding hydrogens is 284 g/mol. The van der Waals surface area contributed by atoms with E-state index < -0.39 is 0 Å². The number of thiophene rings is 1. The first-order valence-electron chi connectivity index (χ1n) is 5.86. The van der Waals surface area contributed by atoms with Gasteiger partial charge in [-0.05, 0) is 53.1 Å². The van der Waals surface area contributed by atoms with E-state index in [4.69, 9.17) is 0 Å². The van der Waals surface area contributed by atoms with Crippen LogP contribution in [0.25, 0.3) is 0 Å². The van der Waals surface area contributed by atoms with Crippen LogP contribution in [0.5, 0.6) is 0 Å². The highest BCUT2D eigenvalue weighted by Gasteiger charge is 2.39. The molecule has 1 aliphatic carbocycles. The zero-order chi connectivity index (χ0) is 11.9. The van der Waals surface area contributed by atoms with E-state index >= 15 is 0 Å². The first-order chi connectivity index (χ1) is 7.42. The normalized spacial score (nSPS) is 25.9. The fraction of sp³-hybridized carbons (Fsp3) is 0.692. The zero-order valence-electron chi connectivity index (χ0n) is 10.1. The molecule has 1 nitrogen and oxygen atoms in total. The Morgan fingerprint density at radius 1 is 1.56 bits per heavy atom. The molecule has 0 aromatic carbocycles. The van der Waals surface area contributed by atoms with Crippen molar-refractivity contribution in [1.29, 1.82) is 0 Å². The van der Waals surface area contributed by atoms with Crippen LogP contribution in [0.15, 0.2) is 10.5 Å². The summed E-state index contributed by atoms with van der Waals surface area (Å²) in [6.45, 7) is 6.65. The van der Waals surface area contributed by atoms with E-state index in [0.717, 1.165) is 15.8 Å². The minimum atomic E-state index is -0.285. The molecule has 1 heterocycles. The number of hydrogen-bond acceptors (Lipinski definition) is 2. The summed E-state index contributed by atoms with van der Waals surface area (Å²) in [5.41, 5.74) is 0.282. The van der Waals surface area contributed by atoms with Crippen LogP contribution in [0.1, 0.15) is 49.0 Å². The highest BCUT2D eigenvalue weighted by atomic mass is 79.9. The van der Waals surface area contributed by atoms with Crippen molar-refractivity contribution < 1.29 is 5.11 Å². The van der Waals surface area contributed by atoms with E-state index in [1.54, 1.807) is 11.3 Å². The summed E-state index contributed by atoms with van der Waals surface area (Å²) in [6.07, 6.45) is 3.36. The number of halogens is 1. The SMILES string of the molecule is Cc1sc(C(O)C2CCCC2(C)C)cc1Br. The van der Waals surface area contributed by atoms with E-state index in [1.165, 1.54) is 17.7 Å². The lowest BCUT2D eigenvalue weighted by Crippen LogP contribution is -2.23. The molecule has 16 heavy (non-hydrogen) atoms. The number of rotatable bonds is 2. The van der Waals surface area contributed by atoms with Crippen molar-refractivity contribution in [2.75, 3.05) is 0 Å². The Labute approximate surface area is 110 Å². The molecule has 1 N–H and O–H groups in total. The maximum atomic E-state index is 10.5. The molecule has 2 rings (SSSR count). The Morgan fingerprint density at radius 3 is 2.69 bits per heavy atom. The third-order valence-electron chi connectivity index (χ3n) is 3.89. The van der Waals surface area contributed by atoms with Gasteiger partial charge < -0.3 is 5.11 Å². The molecule has 1 aromatic rings. The van der Waals surface area contributed by atoms with Gasteiger partial charge >= 0.3 is 0 Å². The third-order valence-corrected chi connectivity index (χ3v) is 6.10. The van der Waals surface area contributed by atoms with Gasteiger partial charge in [0.25, 0.3) is 0 Å². The fourth-order valence-electron chi connectivity index (χ4n) is 2.76. The molecule has 1 aliphatic rings. The molecule has 0 saturated heterocycles. The minimum Gasteiger partial charge on any atom is -0.387 e. The maximum absolute atomic E-state index is 10.5. The molecule has 0 aliphatic heterocycles. The second-order valence-corrected chi connectivity index (χ2v) is 7.63. The topological polar surface area (TPSA) is 20.2 Å². The van der Waals surface area contributed by atoms with Crippen LogP contribution in [0, 0.1) is 18.3 Å². The van der Waals surface area contributed by atoms with Crippen molar-refractivity contribution in [2.45, 2.75) is 46.1 Å². The van der Waals surface area contributed by atoms with Crippen molar-refractivity contribution in [3.05, 3.63) is 20.3 Å². The Kier molecular flexibility index (Phi) is 3.49. The molecular formula is C13H19BrOS. The Bertz CT molecular complexity index is 364. The van der Waals surface area contributed by atoms with Crippen LogP contribution < -0.4 is 0 Å². The molecule has 1 fully saturated rings. The molecule has 2 atom stereocenters. The highest BCUT2D eigenvalue weighted by molar-refractivity contribution is 9.10. The second kappa shape index (κ2) is 4.43. The number of hydrogen-bond donors (Lipinski definition) is 1. The van der Waals surface area contributed by atoms with Crippen LogP contribution in [0.4, 0.5) is 0 Å². The second-order valence-electron chi connectivity index (χ2n) is 5.49. The van der Waals surface area contributed by atoms with Crippen molar-refractivity contribution in [2.24, 2.45) is 11.3 Å². The average Bonchev–Trinajstić information content (AvgIpc) is 2.70. The smallest absolute Gasteiger partial charge is 0.0915 e. The van der Waals surface area contributed by atoms with Crippen molar-refractivity contribution in [3.8, 4) is 0 Å². The zero-order valence-corrected chi connectivity index (χ0v) is 12.5. The van der Waals surface area contributed by atoms with Gasteiger partial charge in [0.2, 0.25) is 0 Å².